The van der Waals surface area contributed by atoms with Gasteiger partial charge in [-0.25, -0.2) is 14.3 Å². The molecule has 1 aliphatic carbocycles. The highest BCUT2D eigenvalue weighted by Gasteiger charge is 2.42. The Kier molecular flexibility index (Phi) is 6.26. The monoisotopic (exact) mass is 464 g/mol. The van der Waals surface area contributed by atoms with Crippen molar-refractivity contribution in [2.75, 3.05) is 0 Å². The quantitative estimate of drug-likeness (QED) is 0.705. The molecule has 2 aromatic rings. The Hall–Kier alpha value is -3.00. The van der Waals surface area contributed by atoms with Crippen molar-refractivity contribution in [3.63, 3.8) is 0 Å². The number of aliphatic imine (C=N–C) groups is 2. The number of nitrogens with one attached hydrogen (secondary N) is 1. The van der Waals surface area contributed by atoms with Gasteiger partial charge >= 0.3 is 0 Å². The number of benzene rings is 2. The first-order valence-corrected chi connectivity index (χ1v) is 12.3. The minimum Gasteiger partial charge on any atom is -0.353 e. The van der Waals surface area contributed by atoms with Crippen LogP contribution in [0.25, 0.3) is 0 Å². The number of nitrogens with zero attached hydrogens (tertiary/aromatic N) is 3. The number of para-hydroxylation sites is 1. The number of amides is 2. The zero-order chi connectivity index (χ0) is 22.8. The third-order valence-electron chi connectivity index (χ3n) is 6.21. The maximum Gasteiger partial charge on any atom is 0.259 e. The molecule has 0 unspecified atom stereocenters. The summed E-state index contributed by atoms with van der Waals surface area (Å²) in [4.78, 5) is 36.8. The summed E-state index contributed by atoms with van der Waals surface area (Å²) in [6.45, 7) is 0. The summed E-state index contributed by atoms with van der Waals surface area (Å²) in [5.74, 6) is 0.142. The van der Waals surface area contributed by atoms with Crippen LogP contribution >= 0.6 is 11.8 Å². The van der Waals surface area contributed by atoms with Crippen molar-refractivity contribution < 1.29 is 14.0 Å². The summed E-state index contributed by atoms with van der Waals surface area (Å²) < 4.78 is 14.1. The van der Waals surface area contributed by atoms with Crippen LogP contribution in [0.3, 0.4) is 0 Å². The fourth-order valence-corrected chi connectivity index (χ4v) is 5.49. The predicted molar refractivity (Wildman–Crippen MR) is 128 cm³/mol. The first-order valence-electron chi connectivity index (χ1n) is 11.4. The zero-order valence-electron chi connectivity index (χ0n) is 18.2. The van der Waals surface area contributed by atoms with Crippen LogP contribution in [0.4, 0.5) is 10.1 Å². The number of carbonyl (C=O) groups is 2. The molecule has 8 heteroatoms. The lowest BCUT2D eigenvalue weighted by Gasteiger charge is -2.25. The molecular formula is C25H25FN4O2S. The number of halogens is 1. The van der Waals surface area contributed by atoms with Crippen molar-refractivity contribution in [2.45, 2.75) is 56.4 Å². The minimum atomic E-state index is -0.783. The van der Waals surface area contributed by atoms with E-state index in [1.165, 1.54) is 29.1 Å². The van der Waals surface area contributed by atoms with Gasteiger partial charge in [-0.3, -0.25) is 14.6 Å². The lowest BCUT2D eigenvalue weighted by molar-refractivity contribution is -0.129. The van der Waals surface area contributed by atoms with E-state index in [-0.39, 0.29) is 30.1 Å². The fraction of sp³-hybridized carbons (Fsp3) is 0.360. The molecule has 2 aromatic carbocycles. The number of fused-ring (bicyclic) bond motifs is 3. The van der Waals surface area contributed by atoms with E-state index in [9.17, 15) is 14.0 Å². The second kappa shape index (κ2) is 9.47. The van der Waals surface area contributed by atoms with Crippen molar-refractivity contribution >= 4 is 40.3 Å². The van der Waals surface area contributed by atoms with E-state index in [0.29, 0.717) is 28.0 Å². The van der Waals surface area contributed by atoms with E-state index >= 15 is 0 Å². The van der Waals surface area contributed by atoms with Crippen LogP contribution in [0.5, 0.6) is 0 Å². The van der Waals surface area contributed by atoms with Gasteiger partial charge in [-0.2, -0.15) is 0 Å². The van der Waals surface area contributed by atoms with Crippen LogP contribution in [0, 0.1) is 5.82 Å². The fourth-order valence-electron chi connectivity index (χ4n) is 4.50. The molecule has 0 saturated heterocycles. The Balaban J connectivity index is 1.36. The van der Waals surface area contributed by atoms with Crippen LogP contribution in [-0.2, 0) is 15.3 Å². The van der Waals surface area contributed by atoms with Gasteiger partial charge in [0.15, 0.2) is 5.17 Å². The number of hydrogen-bond donors (Lipinski definition) is 1. The summed E-state index contributed by atoms with van der Waals surface area (Å²) in [5, 5.41) is 3.53. The second-order valence-corrected chi connectivity index (χ2v) is 9.48. The average Bonchev–Trinajstić information content (AvgIpc) is 3.15. The molecule has 1 atom stereocenters. The van der Waals surface area contributed by atoms with E-state index < -0.39 is 6.04 Å². The van der Waals surface area contributed by atoms with Gasteiger partial charge in [0.2, 0.25) is 5.91 Å². The average molecular weight is 465 g/mol. The molecule has 2 amide bonds. The first kappa shape index (κ1) is 21.8. The molecule has 1 N–H and O–H groups in total. The number of rotatable bonds is 5. The van der Waals surface area contributed by atoms with Gasteiger partial charge in [0.05, 0.1) is 12.1 Å². The summed E-state index contributed by atoms with van der Waals surface area (Å²) in [7, 11) is 0. The highest BCUT2D eigenvalue weighted by Crippen LogP contribution is 2.35. The van der Waals surface area contributed by atoms with Crippen LogP contribution in [-0.4, -0.2) is 39.8 Å². The van der Waals surface area contributed by atoms with Crippen molar-refractivity contribution in [2.24, 2.45) is 9.98 Å². The van der Waals surface area contributed by atoms with Gasteiger partial charge in [-0.05, 0) is 36.6 Å². The molecule has 2 aliphatic heterocycles. The van der Waals surface area contributed by atoms with Crippen LogP contribution < -0.4 is 5.32 Å². The van der Waals surface area contributed by atoms with Crippen molar-refractivity contribution in [1.82, 2.24) is 10.2 Å². The third-order valence-corrected chi connectivity index (χ3v) is 7.20. The smallest absolute Gasteiger partial charge is 0.259 e. The normalized spacial score (nSPS) is 20.1. The third kappa shape index (κ3) is 4.57. The summed E-state index contributed by atoms with van der Waals surface area (Å²) in [6, 6.07) is 13.5. The van der Waals surface area contributed by atoms with E-state index in [1.807, 2.05) is 24.3 Å². The molecule has 1 saturated carbocycles. The van der Waals surface area contributed by atoms with Gasteiger partial charge in [-0.1, -0.05) is 61.4 Å². The Morgan fingerprint density at radius 3 is 2.67 bits per heavy atom. The van der Waals surface area contributed by atoms with Crippen LogP contribution in [0.1, 0.15) is 49.7 Å². The lowest BCUT2D eigenvalue weighted by Crippen LogP contribution is -2.43. The summed E-state index contributed by atoms with van der Waals surface area (Å²) in [6.07, 6.45) is 5.45. The highest BCUT2D eigenvalue weighted by molar-refractivity contribution is 8.13. The number of carbonyl (C=O) groups excluding carboxylic acids is 2. The first-order chi connectivity index (χ1) is 16.1. The maximum absolute atomic E-state index is 14.1. The molecule has 2 heterocycles. The van der Waals surface area contributed by atoms with Crippen molar-refractivity contribution in [3.05, 3.63) is 65.5 Å². The van der Waals surface area contributed by atoms with Crippen LogP contribution in [0.2, 0.25) is 0 Å². The van der Waals surface area contributed by atoms with Gasteiger partial charge in [0, 0.05) is 17.4 Å². The summed E-state index contributed by atoms with van der Waals surface area (Å²) >= 11 is 1.29. The molecule has 33 heavy (non-hydrogen) atoms. The van der Waals surface area contributed by atoms with Crippen molar-refractivity contribution in [1.29, 1.82) is 0 Å². The van der Waals surface area contributed by atoms with Gasteiger partial charge in [0.1, 0.15) is 17.7 Å². The molecule has 0 radical (unpaired) electrons. The van der Waals surface area contributed by atoms with Gasteiger partial charge in [0.25, 0.3) is 5.91 Å². The van der Waals surface area contributed by atoms with Gasteiger partial charge in [-0.15, -0.1) is 0 Å². The predicted octanol–water partition coefficient (Wildman–Crippen LogP) is 4.56. The summed E-state index contributed by atoms with van der Waals surface area (Å²) in [5.41, 5.74) is 2.01. The minimum absolute atomic E-state index is 0.0166. The van der Waals surface area contributed by atoms with E-state index in [1.54, 1.807) is 18.2 Å². The number of amidine groups is 2. The van der Waals surface area contributed by atoms with E-state index in [0.717, 1.165) is 31.2 Å². The molecule has 6 nitrogen and oxygen atoms in total. The SMILES string of the molecule is O=C(C[C@@H]1N=C2c3ccccc3N=C(SCc3ccccc3F)N2C1=O)NC1CCCCC1. The molecule has 3 aliphatic rings. The molecule has 170 valence electrons. The van der Waals surface area contributed by atoms with Gasteiger partial charge < -0.3 is 5.32 Å². The largest absolute Gasteiger partial charge is 0.353 e. The molecule has 1 fully saturated rings. The molecule has 0 aromatic heterocycles. The molecule has 0 bridgehead atoms. The van der Waals surface area contributed by atoms with E-state index in [4.69, 9.17) is 0 Å². The second-order valence-electron chi connectivity index (χ2n) is 8.54. The molecule has 5 rings (SSSR count). The Morgan fingerprint density at radius 2 is 1.85 bits per heavy atom. The highest BCUT2D eigenvalue weighted by atomic mass is 32.2. The Labute approximate surface area is 196 Å². The Morgan fingerprint density at radius 1 is 1.09 bits per heavy atom. The van der Waals surface area contributed by atoms with Crippen LogP contribution in [0.15, 0.2) is 58.5 Å². The maximum atomic E-state index is 14.1. The zero-order valence-corrected chi connectivity index (χ0v) is 19.0. The van der Waals surface area contributed by atoms with Crippen molar-refractivity contribution in [3.8, 4) is 0 Å². The Bertz CT molecular complexity index is 1140. The topological polar surface area (TPSA) is 74.1 Å². The molecule has 0 spiro atoms. The van der Waals surface area contributed by atoms with E-state index in [2.05, 4.69) is 15.3 Å². The number of thioether (sulfide) groups is 1. The molecular weight excluding hydrogens is 439 g/mol. The standard InChI is InChI=1S/C25H25FN4O2S/c26-19-12-6-4-8-16(19)15-33-25-29-20-13-7-5-11-18(20)23-28-21(24(32)30(23)25)14-22(31)27-17-9-2-1-3-10-17/h4-8,11-13,17,21H,1-3,9-10,14-15H2,(H,27,31)/t21-/m0/s1. The number of hydrogen-bond acceptors (Lipinski definition) is 5. The lowest BCUT2D eigenvalue weighted by atomic mass is 9.95.